The standard InChI is InChI=1S/C33H43N7O4/c1-19(2)25-26-23(11-12-24(36-26)37-14-33(15-37)16-38(17-33)29(41)43-31(5,6)7)40(30(42)44-32(8,9)10)27(25)22-13-39-28(34-18-35-39)21(4)20(22)3/h11-13,18-19H,14-17H2,1-10H3. The number of hydrogen-bond acceptors (Lipinski definition) is 8. The number of ether oxygens (including phenoxy) is 2. The highest BCUT2D eigenvalue weighted by Gasteiger charge is 2.54. The van der Waals surface area contributed by atoms with E-state index in [9.17, 15) is 9.59 Å². The normalized spacial score (nSPS) is 16.5. The van der Waals surface area contributed by atoms with Crippen molar-refractivity contribution in [3.63, 3.8) is 0 Å². The number of hydrogen-bond donors (Lipinski definition) is 0. The molecule has 0 N–H and O–H groups in total. The van der Waals surface area contributed by atoms with Crippen LogP contribution in [0.1, 0.15) is 78.0 Å². The summed E-state index contributed by atoms with van der Waals surface area (Å²) in [6, 6.07) is 3.96. The molecule has 1 spiro atoms. The highest BCUT2D eigenvalue weighted by molar-refractivity contribution is 5.99. The molecule has 0 unspecified atom stereocenters. The maximum Gasteiger partial charge on any atom is 0.419 e. The number of amides is 1. The Kier molecular flexibility index (Phi) is 6.75. The van der Waals surface area contributed by atoms with Crippen LogP contribution in [0.15, 0.2) is 24.7 Å². The van der Waals surface area contributed by atoms with Gasteiger partial charge in [0.15, 0.2) is 5.65 Å². The fourth-order valence-electron chi connectivity index (χ4n) is 6.44. The molecule has 2 aliphatic rings. The van der Waals surface area contributed by atoms with Gasteiger partial charge in [0.1, 0.15) is 23.3 Å². The Bertz CT molecular complexity index is 1790. The second-order valence-electron chi connectivity index (χ2n) is 14.8. The second kappa shape index (κ2) is 9.93. The molecule has 4 aromatic heterocycles. The number of likely N-dealkylation sites (tertiary alicyclic amines) is 1. The molecule has 11 heteroatoms. The fourth-order valence-corrected chi connectivity index (χ4v) is 6.44. The SMILES string of the molecule is Cc1c(-c2c(C(C)C)c3nc(N4CC5(CN(C(=O)OC(C)(C)C)C5)C4)ccc3n2C(=O)OC(C)(C)C)cn2ncnc2c1C. The first-order valence-corrected chi connectivity index (χ1v) is 15.3. The predicted octanol–water partition coefficient (Wildman–Crippen LogP) is 6.33. The molecule has 6 heterocycles. The summed E-state index contributed by atoms with van der Waals surface area (Å²) in [5.41, 5.74) is 5.77. The van der Waals surface area contributed by atoms with Crippen molar-refractivity contribution in [3.8, 4) is 11.3 Å². The van der Waals surface area contributed by atoms with Gasteiger partial charge in [0, 0.05) is 48.9 Å². The molecule has 0 atom stereocenters. The topological polar surface area (TPSA) is 107 Å². The van der Waals surface area contributed by atoms with Crippen molar-refractivity contribution >= 4 is 34.7 Å². The molecular weight excluding hydrogens is 558 g/mol. The molecule has 2 aliphatic heterocycles. The summed E-state index contributed by atoms with van der Waals surface area (Å²) >= 11 is 0. The zero-order chi connectivity index (χ0) is 31.9. The summed E-state index contributed by atoms with van der Waals surface area (Å²) in [5.74, 6) is 0.912. The number of rotatable bonds is 3. The number of nitrogens with zero attached hydrogens (tertiary/aromatic N) is 7. The molecule has 234 valence electrons. The van der Waals surface area contributed by atoms with Crippen LogP contribution < -0.4 is 4.90 Å². The van der Waals surface area contributed by atoms with Gasteiger partial charge in [0.05, 0.1) is 16.7 Å². The van der Waals surface area contributed by atoms with Crippen LogP contribution in [-0.2, 0) is 9.47 Å². The van der Waals surface area contributed by atoms with Gasteiger partial charge in [-0.05, 0) is 84.6 Å². The molecule has 0 aliphatic carbocycles. The summed E-state index contributed by atoms with van der Waals surface area (Å²) in [6.45, 7) is 22.6. The molecule has 0 radical (unpaired) electrons. The van der Waals surface area contributed by atoms with Crippen molar-refractivity contribution in [3.05, 3.63) is 41.3 Å². The van der Waals surface area contributed by atoms with Crippen molar-refractivity contribution < 1.29 is 19.1 Å². The summed E-state index contributed by atoms with van der Waals surface area (Å²) < 4.78 is 14.9. The minimum atomic E-state index is -0.682. The van der Waals surface area contributed by atoms with Gasteiger partial charge in [-0.3, -0.25) is 0 Å². The van der Waals surface area contributed by atoms with E-state index in [0.29, 0.717) is 18.6 Å². The maximum atomic E-state index is 13.9. The third-order valence-corrected chi connectivity index (χ3v) is 8.45. The number of aromatic nitrogens is 5. The van der Waals surface area contributed by atoms with E-state index in [1.807, 2.05) is 66.8 Å². The Morgan fingerprint density at radius 1 is 0.909 bits per heavy atom. The van der Waals surface area contributed by atoms with Crippen LogP contribution in [0.3, 0.4) is 0 Å². The first-order valence-electron chi connectivity index (χ1n) is 15.3. The van der Waals surface area contributed by atoms with Crippen LogP contribution >= 0.6 is 0 Å². The van der Waals surface area contributed by atoms with Gasteiger partial charge in [0.25, 0.3) is 0 Å². The minimum absolute atomic E-state index is 0.0573. The Morgan fingerprint density at radius 3 is 2.16 bits per heavy atom. The van der Waals surface area contributed by atoms with Crippen molar-refractivity contribution in [2.45, 2.75) is 86.4 Å². The first-order chi connectivity index (χ1) is 20.5. The van der Waals surface area contributed by atoms with Crippen LogP contribution in [0.4, 0.5) is 15.4 Å². The highest BCUT2D eigenvalue weighted by Crippen LogP contribution is 2.44. The lowest BCUT2D eigenvalue weighted by Crippen LogP contribution is -2.73. The van der Waals surface area contributed by atoms with Crippen LogP contribution in [0.5, 0.6) is 0 Å². The van der Waals surface area contributed by atoms with E-state index in [4.69, 9.17) is 14.5 Å². The second-order valence-corrected chi connectivity index (χ2v) is 14.8. The Hall–Kier alpha value is -4.15. The van der Waals surface area contributed by atoms with Crippen LogP contribution in [0.25, 0.3) is 27.9 Å². The molecule has 0 aromatic carbocycles. The predicted molar refractivity (Wildman–Crippen MR) is 169 cm³/mol. The Labute approximate surface area is 258 Å². The smallest absolute Gasteiger partial charge is 0.419 e. The van der Waals surface area contributed by atoms with Gasteiger partial charge in [0.2, 0.25) is 0 Å². The number of pyridine rings is 2. The fraction of sp³-hybridized carbons (Fsp3) is 0.545. The number of anilines is 1. The maximum absolute atomic E-state index is 13.9. The number of carbonyl (C=O) groups is 2. The largest absolute Gasteiger partial charge is 0.444 e. The average molecular weight is 602 g/mol. The number of carbonyl (C=O) groups excluding carboxylic acids is 2. The van der Waals surface area contributed by atoms with Gasteiger partial charge in [-0.25, -0.2) is 28.6 Å². The summed E-state index contributed by atoms with van der Waals surface area (Å²) in [5, 5.41) is 4.41. The van der Waals surface area contributed by atoms with E-state index in [1.165, 1.54) is 0 Å². The van der Waals surface area contributed by atoms with Gasteiger partial charge in [-0.15, -0.1) is 0 Å². The molecule has 1 amide bonds. The lowest BCUT2D eigenvalue weighted by Gasteiger charge is -2.60. The molecule has 4 aromatic rings. The van der Waals surface area contributed by atoms with E-state index in [0.717, 1.165) is 58.0 Å². The zero-order valence-corrected chi connectivity index (χ0v) is 27.5. The molecule has 11 nitrogen and oxygen atoms in total. The molecular formula is C33H43N7O4. The van der Waals surface area contributed by atoms with Gasteiger partial charge >= 0.3 is 12.2 Å². The lowest BCUT2D eigenvalue weighted by molar-refractivity contribution is -0.0454. The third kappa shape index (κ3) is 5.05. The van der Waals surface area contributed by atoms with E-state index < -0.39 is 17.3 Å². The third-order valence-electron chi connectivity index (χ3n) is 8.45. The van der Waals surface area contributed by atoms with Crippen molar-refractivity contribution in [2.75, 3.05) is 31.1 Å². The Balaban J connectivity index is 1.40. The number of aryl methyl sites for hydroxylation is 1. The summed E-state index contributed by atoms with van der Waals surface area (Å²) in [6.07, 6.45) is 2.78. The van der Waals surface area contributed by atoms with Gasteiger partial charge in [-0.1, -0.05) is 13.8 Å². The van der Waals surface area contributed by atoms with Gasteiger partial charge < -0.3 is 19.3 Å². The van der Waals surface area contributed by atoms with E-state index >= 15 is 0 Å². The molecule has 6 rings (SSSR count). The average Bonchev–Trinajstić information content (AvgIpc) is 3.44. The minimum Gasteiger partial charge on any atom is -0.444 e. The molecule has 0 bridgehead atoms. The monoisotopic (exact) mass is 601 g/mol. The van der Waals surface area contributed by atoms with Crippen LogP contribution in [-0.4, -0.2) is 78.6 Å². The van der Waals surface area contributed by atoms with E-state index in [-0.39, 0.29) is 17.4 Å². The van der Waals surface area contributed by atoms with Crippen molar-refractivity contribution in [2.24, 2.45) is 5.41 Å². The lowest BCUT2D eigenvalue weighted by atomic mass is 9.73. The molecule has 0 saturated carbocycles. The van der Waals surface area contributed by atoms with E-state index in [1.54, 1.807) is 20.3 Å². The number of fused-ring (bicyclic) bond motifs is 2. The molecule has 44 heavy (non-hydrogen) atoms. The quantitative estimate of drug-likeness (QED) is 0.268. The van der Waals surface area contributed by atoms with E-state index in [2.05, 4.69) is 35.8 Å². The summed E-state index contributed by atoms with van der Waals surface area (Å²) in [7, 11) is 0. The first kappa shape index (κ1) is 29.9. The van der Waals surface area contributed by atoms with Crippen molar-refractivity contribution in [1.82, 2.24) is 29.0 Å². The molecule has 2 saturated heterocycles. The highest BCUT2D eigenvalue weighted by atomic mass is 16.6. The van der Waals surface area contributed by atoms with Crippen LogP contribution in [0.2, 0.25) is 0 Å². The molecule has 2 fully saturated rings. The Morgan fingerprint density at radius 2 is 1.55 bits per heavy atom. The zero-order valence-electron chi connectivity index (χ0n) is 27.5. The van der Waals surface area contributed by atoms with Crippen LogP contribution in [0, 0.1) is 19.3 Å². The summed E-state index contributed by atoms with van der Waals surface area (Å²) in [4.78, 5) is 40.1. The van der Waals surface area contributed by atoms with Crippen molar-refractivity contribution in [1.29, 1.82) is 0 Å². The van der Waals surface area contributed by atoms with Gasteiger partial charge in [-0.2, -0.15) is 5.10 Å².